The molecule has 0 aliphatic rings. The molecule has 6 nitrogen and oxygen atoms in total. The summed E-state index contributed by atoms with van der Waals surface area (Å²) in [7, 11) is -4.42. The van der Waals surface area contributed by atoms with Gasteiger partial charge in [-0.15, -0.1) is 0 Å². The van der Waals surface area contributed by atoms with Gasteiger partial charge in [0.2, 0.25) is 0 Å². The lowest BCUT2D eigenvalue weighted by molar-refractivity contribution is -0.385. The van der Waals surface area contributed by atoms with Crippen molar-refractivity contribution in [2.75, 3.05) is 0 Å². The number of rotatable bonds is 4. The number of halogens is 3. The largest absolute Gasteiger partial charge is 0.416 e. The lowest BCUT2D eigenvalue weighted by Gasteiger charge is -2.11. The molecular weight excluding hydrogens is 351 g/mol. The van der Waals surface area contributed by atoms with Gasteiger partial charge in [0.25, 0.3) is 5.69 Å². The van der Waals surface area contributed by atoms with Crippen molar-refractivity contribution in [2.45, 2.75) is 18.0 Å². The number of benzene rings is 2. The van der Waals surface area contributed by atoms with E-state index >= 15 is 0 Å². The molecule has 10 heteroatoms. The van der Waals surface area contributed by atoms with Crippen molar-refractivity contribution < 1.29 is 30.7 Å². The summed E-state index contributed by atoms with van der Waals surface area (Å²) in [6.45, 7) is 1.72. The normalized spacial score (nSPS) is 12.0. The molecule has 0 aromatic heterocycles. The molecule has 0 bridgehead atoms. The lowest BCUT2D eigenvalue weighted by atomic mass is 10.2. The van der Waals surface area contributed by atoms with Gasteiger partial charge in [-0.05, 0) is 25.1 Å². The predicted molar refractivity (Wildman–Crippen MR) is 77.1 cm³/mol. The maximum Gasteiger partial charge on any atom is 0.416 e. The van der Waals surface area contributed by atoms with Crippen LogP contribution >= 0.6 is 0 Å². The molecule has 0 fully saturated rings. The van der Waals surface area contributed by atoms with Crippen LogP contribution in [0.5, 0.6) is 5.75 Å². The molecule has 128 valence electrons. The van der Waals surface area contributed by atoms with Gasteiger partial charge in [-0.25, -0.2) is 0 Å². The number of alkyl halides is 3. The topological polar surface area (TPSA) is 86.5 Å². The number of nitrogens with zero attached hydrogens (tertiary/aromatic N) is 1. The van der Waals surface area contributed by atoms with E-state index in [1.165, 1.54) is 24.3 Å². The molecule has 2 aromatic rings. The van der Waals surface area contributed by atoms with Crippen molar-refractivity contribution in [3.63, 3.8) is 0 Å². The third-order valence-electron chi connectivity index (χ3n) is 2.95. The molecule has 0 aliphatic carbocycles. The van der Waals surface area contributed by atoms with Crippen molar-refractivity contribution in [3.8, 4) is 5.75 Å². The zero-order valence-electron chi connectivity index (χ0n) is 12.1. The Hall–Kier alpha value is -2.62. The van der Waals surface area contributed by atoms with Crippen molar-refractivity contribution in [1.82, 2.24) is 0 Å². The Morgan fingerprint density at radius 3 is 2.17 bits per heavy atom. The van der Waals surface area contributed by atoms with Gasteiger partial charge in [-0.2, -0.15) is 21.6 Å². The van der Waals surface area contributed by atoms with Crippen LogP contribution in [0.1, 0.15) is 11.1 Å². The molecule has 0 radical (unpaired) electrons. The smallest absolute Gasteiger partial charge is 0.379 e. The van der Waals surface area contributed by atoms with E-state index in [2.05, 4.69) is 4.18 Å². The fourth-order valence-corrected chi connectivity index (χ4v) is 2.70. The Labute approximate surface area is 134 Å². The molecule has 0 heterocycles. The second-order valence-electron chi connectivity index (χ2n) is 4.82. The Morgan fingerprint density at radius 2 is 1.67 bits per heavy atom. The number of aryl methyl sites for hydroxylation is 1. The average Bonchev–Trinajstić information content (AvgIpc) is 2.46. The second-order valence-corrected chi connectivity index (χ2v) is 6.37. The van der Waals surface area contributed by atoms with E-state index in [1.807, 2.05) is 0 Å². The minimum atomic E-state index is -4.89. The average molecular weight is 361 g/mol. The van der Waals surface area contributed by atoms with Gasteiger partial charge in [0.15, 0.2) is 0 Å². The molecule has 0 saturated carbocycles. The summed E-state index contributed by atoms with van der Waals surface area (Å²) >= 11 is 0. The highest BCUT2D eigenvalue weighted by Crippen LogP contribution is 2.35. The van der Waals surface area contributed by atoms with E-state index in [4.69, 9.17) is 0 Å². The van der Waals surface area contributed by atoms with Crippen LogP contribution in [0.4, 0.5) is 18.9 Å². The van der Waals surface area contributed by atoms with Crippen molar-refractivity contribution in [3.05, 3.63) is 63.7 Å². The highest BCUT2D eigenvalue weighted by atomic mass is 32.2. The van der Waals surface area contributed by atoms with Crippen LogP contribution in [-0.2, 0) is 16.3 Å². The maximum atomic E-state index is 12.8. The molecule has 24 heavy (non-hydrogen) atoms. The molecule has 0 amide bonds. The van der Waals surface area contributed by atoms with E-state index in [9.17, 15) is 31.7 Å². The molecule has 0 atom stereocenters. The second kappa shape index (κ2) is 6.11. The summed E-state index contributed by atoms with van der Waals surface area (Å²) < 4.78 is 67.1. The minimum Gasteiger partial charge on any atom is -0.379 e. The van der Waals surface area contributed by atoms with Crippen LogP contribution in [0, 0.1) is 17.0 Å². The van der Waals surface area contributed by atoms with Crippen molar-refractivity contribution in [2.24, 2.45) is 0 Å². The lowest BCUT2D eigenvalue weighted by Crippen LogP contribution is -2.12. The first kappa shape index (κ1) is 17.7. The predicted octanol–water partition coefficient (Wildman–Crippen LogP) is 3.69. The van der Waals surface area contributed by atoms with Gasteiger partial charge < -0.3 is 4.18 Å². The van der Waals surface area contributed by atoms with Crippen LogP contribution in [-0.4, -0.2) is 13.3 Å². The van der Waals surface area contributed by atoms with E-state index in [0.717, 1.165) is 5.56 Å². The monoisotopic (exact) mass is 361 g/mol. The van der Waals surface area contributed by atoms with E-state index in [1.54, 1.807) is 6.92 Å². The van der Waals surface area contributed by atoms with Crippen LogP contribution in [0.3, 0.4) is 0 Å². The minimum absolute atomic E-state index is 0.284. The SMILES string of the molecule is Cc1ccc(S(=O)(=O)Oc2cc([N+](=O)[O-])cc(C(F)(F)F)c2)cc1. The number of hydrogen-bond donors (Lipinski definition) is 0. The molecule has 0 spiro atoms. The molecule has 0 saturated heterocycles. The summed E-state index contributed by atoms with van der Waals surface area (Å²) in [5.74, 6) is -0.794. The number of nitro benzene ring substituents is 1. The van der Waals surface area contributed by atoms with Crippen molar-refractivity contribution >= 4 is 15.8 Å². The highest BCUT2D eigenvalue weighted by Gasteiger charge is 2.33. The van der Waals surface area contributed by atoms with Gasteiger partial charge in [-0.3, -0.25) is 10.1 Å². The van der Waals surface area contributed by atoms with Crippen LogP contribution in [0.15, 0.2) is 47.4 Å². The Balaban J connectivity index is 2.46. The highest BCUT2D eigenvalue weighted by molar-refractivity contribution is 7.87. The molecule has 0 unspecified atom stereocenters. The Bertz CT molecular complexity index is 876. The summed E-state index contributed by atoms with van der Waals surface area (Å²) in [4.78, 5) is 9.39. The zero-order chi connectivity index (χ0) is 18.1. The van der Waals surface area contributed by atoms with Gasteiger partial charge >= 0.3 is 16.3 Å². The van der Waals surface area contributed by atoms with E-state index < -0.39 is 38.2 Å². The van der Waals surface area contributed by atoms with Gasteiger partial charge in [0.1, 0.15) is 10.6 Å². The number of non-ortho nitro benzene ring substituents is 1. The van der Waals surface area contributed by atoms with Crippen LogP contribution in [0.2, 0.25) is 0 Å². The van der Waals surface area contributed by atoms with Crippen molar-refractivity contribution in [1.29, 1.82) is 0 Å². The summed E-state index contributed by atoms with van der Waals surface area (Å²) in [5, 5.41) is 10.7. The van der Waals surface area contributed by atoms with E-state index in [-0.39, 0.29) is 4.90 Å². The fraction of sp³-hybridized carbons (Fsp3) is 0.143. The first-order valence-corrected chi connectivity index (χ1v) is 7.78. The summed E-state index contributed by atoms with van der Waals surface area (Å²) in [6, 6.07) is 6.68. The first-order valence-electron chi connectivity index (χ1n) is 6.37. The maximum absolute atomic E-state index is 12.8. The number of nitro groups is 1. The van der Waals surface area contributed by atoms with Gasteiger partial charge in [-0.1, -0.05) is 17.7 Å². The third kappa shape index (κ3) is 4.02. The first-order chi connectivity index (χ1) is 11.0. The fourth-order valence-electron chi connectivity index (χ4n) is 1.78. The molecule has 0 N–H and O–H groups in total. The summed E-state index contributed by atoms with van der Waals surface area (Å²) in [6.07, 6.45) is -4.89. The van der Waals surface area contributed by atoms with Crippen LogP contribution in [0.25, 0.3) is 0 Å². The molecule has 2 aromatic carbocycles. The molecule has 0 aliphatic heterocycles. The van der Waals surface area contributed by atoms with Gasteiger partial charge in [0, 0.05) is 6.07 Å². The molecular formula is C14H10F3NO5S. The summed E-state index contributed by atoms with van der Waals surface area (Å²) in [5.41, 5.74) is -1.55. The van der Waals surface area contributed by atoms with Gasteiger partial charge in [0.05, 0.1) is 16.6 Å². The quantitative estimate of drug-likeness (QED) is 0.471. The number of hydrogen-bond acceptors (Lipinski definition) is 5. The van der Waals surface area contributed by atoms with Crippen LogP contribution < -0.4 is 4.18 Å². The Kier molecular flexibility index (Phi) is 4.52. The zero-order valence-corrected chi connectivity index (χ0v) is 12.9. The standard InChI is InChI=1S/C14H10F3NO5S/c1-9-2-4-13(5-3-9)24(21,22)23-12-7-10(14(15,16)17)6-11(8-12)18(19)20/h2-8H,1H3. The molecule has 2 rings (SSSR count). The third-order valence-corrected chi connectivity index (χ3v) is 4.21. The van der Waals surface area contributed by atoms with E-state index in [0.29, 0.717) is 18.2 Å². The Morgan fingerprint density at radius 1 is 1.08 bits per heavy atom.